The van der Waals surface area contributed by atoms with Crippen LogP contribution in [-0.4, -0.2) is 18.7 Å². The van der Waals surface area contributed by atoms with Gasteiger partial charge >= 0.3 is 0 Å². The molecule has 1 aliphatic heterocycles. The molecule has 19 heavy (non-hydrogen) atoms. The first kappa shape index (κ1) is 12.1. The van der Waals surface area contributed by atoms with Crippen molar-refractivity contribution in [3.63, 3.8) is 0 Å². The Labute approximate surface area is 110 Å². The number of hydrogen-bond acceptors (Lipinski definition) is 2. The molecule has 0 aromatic heterocycles. The molecule has 0 unspecified atom stereocenters. The maximum atomic E-state index is 13.5. The Morgan fingerprint density at radius 2 is 2.00 bits per heavy atom. The van der Waals surface area contributed by atoms with Crippen LogP contribution in [0.5, 0.6) is 0 Å². The molecule has 2 aliphatic rings. The van der Waals surface area contributed by atoms with Crippen molar-refractivity contribution in [2.45, 2.75) is 25.2 Å². The van der Waals surface area contributed by atoms with E-state index in [1.165, 1.54) is 17.0 Å². The molecule has 1 aromatic rings. The second-order valence-corrected chi connectivity index (χ2v) is 5.42. The summed E-state index contributed by atoms with van der Waals surface area (Å²) in [6.45, 7) is 1.84. The lowest BCUT2D eigenvalue weighted by atomic mass is 9.70. The smallest absolute Gasteiger partial charge is 0.238 e. The molecule has 0 saturated heterocycles. The predicted octanol–water partition coefficient (Wildman–Crippen LogP) is 2.35. The highest BCUT2D eigenvalue weighted by Gasteiger charge is 2.51. The highest BCUT2D eigenvalue weighted by Crippen LogP contribution is 2.48. The summed E-state index contributed by atoms with van der Waals surface area (Å²) in [7, 11) is 1.67. The van der Waals surface area contributed by atoms with Crippen LogP contribution in [0.1, 0.15) is 25.3 Å². The average molecular weight is 259 g/mol. The van der Waals surface area contributed by atoms with E-state index < -0.39 is 5.41 Å². The van der Waals surface area contributed by atoms with E-state index in [-0.39, 0.29) is 23.9 Å². The average Bonchev–Trinajstić information content (AvgIpc) is 2.51. The fourth-order valence-electron chi connectivity index (χ4n) is 3.28. The van der Waals surface area contributed by atoms with Gasteiger partial charge in [-0.1, -0.05) is 5.57 Å². The van der Waals surface area contributed by atoms with E-state index in [9.17, 15) is 14.0 Å². The van der Waals surface area contributed by atoms with Crippen molar-refractivity contribution in [1.82, 2.24) is 0 Å². The molecule has 1 amide bonds. The van der Waals surface area contributed by atoms with Gasteiger partial charge in [0.05, 0.1) is 5.41 Å². The topological polar surface area (TPSA) is 37.4 Å². The van der Waals surface area contributed by atoms with Gasteiger partial charge in [0, 0.05) is 19.2 Å². The Kier molecular flexibility index (Phi) is 2.39. The van der Waals surface area contributed by atoms with Crippen LogP contribution in [0.4, 0.5) is 10.1 Å². The maximum Gasteiger partial charge on any atom is 0.238 e. The van der Waals surface area contributed by atoms with Crippen molar-refractivity contribution in [3.8, 4) is 0 Å². The fraction of sp³-hybridized carbons (Fsp3) is 0.333. The summed E-state index contributed by atoms with van der Waals surface area (Å²) in [6.07, 6.45) is 2.19. The van der Waals surface area contributed by atoms with Crippen molar-refractivity contribution in [1.29, 1.82) is 0 Å². The third-order valence-electron chi connectivity index (χ3n) is 4.01. The van der Waals surface area contributed by atoms with Gasteiger partial charge in [-0.2, -0.15) is 0 Å². The Morgan fingerprint density at radius 1 is 1.26 bits per heavy atom. The summed E-state index contributed by atoms with van der Waals surface area (Å²) >= 11 is 0. The second-order valence-electron chi connectivity index (χ2n) is 5.42. The zero-order valence-electron chi connectivity index (χ0n) is 10.9. The van der Waals surface area contributed by atoms with Crippen molar-refractivity contribution < 1.29 is 14.0 Å². The van der Waals surface area contributed by atoms with Crippen molar-refractivity contribution >= 4 is 17.4 Å². The van der Waals surface area contributed by atoms with Crippen LogP contribution < -0.4 is 4.90 Å². The highest BCUT2D eigenvalue weighted by atomic mass is 19.1. The summed E-state index contributed by atoms with van der Waals surface area (Å²) in [5.41, 5.74) is 1.31. The Hall–Kier alpha value is -1.97. The molecule has 1 aromatic carbocycles. The summed E-state index contributed by atoms with van der Waals surface area (Å²) in [6, 6.07) is 4.34. The van der Waals surface area contributed by atoms with Crippen LogP contribution in [0.15, 0.2) is 29.8 Å². The van der Waals surface area contributed by atoms with Gasteiger partial charge in [0.25, 0.3) is 0 Å². The van der Waals surface area contributed by atoms with E-state index >= 15 is 0 Å². The number of anilines is 1. The first-order valence-corrected chi connectivity index (χ1v) is 6.22. The van der Waals surface area contributed by atoms with E-state index in [1.54, 1.807) is 19.2 Å². The fourth-order valence-corrected chi connectivity index (χ4v) is 3.28. The predicted molar refractivity (Wildman–Crippen MR) is 69.5 cm³/mol. The van der Waals surface area contributed by atoms with E-state index in [2.05, 4.69) is 0 Å². The largest absolute Gasteiger partial charge is 0.314 e. The standard InChI is InChI=1S/C15H14FNO2/c1-9-5-11(18)8-15(7-9)12-6-10(16)3-4-13(12)17(2)14(15)19/h3-6H,7-8H2,1-2H3/t15-/m0/s1. The van der Waals surface area contributed by atoms with Crippen LogP contribution in [0.25, 0.3) is 0 Å². The minimum atomic E-state index is -0.901. The summed E-state index contributed by atoms with van der Waals surface area (Å²) in [5, 5.41) is 0. The van der Waals surface area contributed by atoms with E-state index in [1.807, 2.05) is 6.92 Å². The molecule has 1 heterocycles. The molecule has 0 radical (unpaired) electrons. The van der Waals surface area contributed by atoms with Gasteiger partial charge in [0.15, 0.2) is 5.78 Å². The monoisotopic (exact) mass is 259 g/mol. The molecule has 0 saturated carbocycles. The van der Waals surface area contributed by atoms with Crippen LogP contribution in [0, 0.1) is 5.82 Å². The number of carbonyl (C=O) groups excluding carboxylic acids is 2. The van der Waals surface area contributed by atoms with Gasteiger partial charge in [-0.3, -0.25) is 9.59 Å². The first-order valence-electron chi connectivity index (χ1n) is 6.22. The SMILES string of the molecule is CC1=CC(=O)C[C@]2(C1)C(=O)N(C)c1ccc(F)cc12. The van der Waals surface area contributed by atoms with Crippen molar-refractivity contribution in [2.24, 2.45) is 0 Å². The van der Waals surface area contributed by atoms with Gasteiger partial charge < -0.3 is 4.90 Å². The third kappa shape index (κ3) is 1.56. The summed E-state index contributed by atoms with van der Waals surface area (Å²) in [4.78, 5) is 25.9. The molecule has 0 N–H and O–H groups in total. The number of amides is 1. The van der Waals surface area contributed by atoms with Crippen LogP contribution in [0.2, 0.25) is 0 Å². The number of hydrogen-bond donors (Lipinski definition) is 0. The summed E-state index contributed by atoms with van der Waals surface area (Å²) in [5.74, 6) is -0.558. The van der Waals surface area contributed by atoms with E-state index in [0.717, 1.165) is 5.57 Å². The molecular weight excluding hydrogens is 245 g/mol. The number of carbonyl (C=O) groups is 2. The number of ketones is 1. The van der Waals surface area contributed by atoms with Crippen LogP contribution in [0.3, 0.4) is 0 Å². The zero-order chi connectivity index (χ0) is 13.8. The molecule has 98 valence electrons. The number of likely N-dealkylation sites (N-methyl/N-ethyl adjacent to an activating group) is 1. The number of halogens is 1. The summed E-state index contributed by atoms with van der Waals surface area (Å²) < 4.78 is 13.5. The maximum absolute atomic E-state index is 13.5. The molecule has 0 fully saturated rings. The lowest BCUT2D eigenvalue weighted by Gasteiger charge is -2.30. The Morgan fingerprint density at radius 3 is 2.68 bits per heavy atom. The van der Waals surface area contributed by atoms with Crippen LogP contribution in [-0.2, 0) is 15.0 Å². The quantitative estimate of drug-likeness (QED) is 0.717. The number of allylic oxidation sites excluding steroid dienone is 2. The van der Waals surface area contributed by atoms with E-state index in [0.29, 0.717) is 17.7 Å². The minimum absolute atomic E-state index is 0.0670. The van der Waals surface area contributed by atoms with Crippen molar-refractivity contribution in [2.75, 3.05) is 11.9 Å². The second kappa shape index (κ2) is 3.76. The van der Waals surface area contributed by atoms with Gasteiger partial charge in [-0.15, -0.1) is 0 Å². The number of rotatable bonds is 0. The number of benzene rings is 1. The Bertz CT molecular complexity index is 635. The number of fused-ring (bicyclic) bond motifs is 2. The van der Waals surface area contributed by atoms with Gasteiger partial charge in [-0.25, -0.2) is 4.39 Å². The normalized spacial score (nSPS) is 25.8. The zero-order valence-corrected chi connectivity index (χ0v) is 10.9. The molecular formula is C15H14FNO2. The molecule has 3 rings (SSSR count). The third-order valence-corrected chi connectivity index (χ3v) is 4.01. The molecule has 1 atom stereocenters. The highest BCUT2D eigenvalue weighted by molar-refractivity contribution is 6.11. The lowest BCUT2D eigenvalue weighted by Crippen LogP contribution is -2.42. The Balaban J connectivity index is 2.23. The van der Waals surface area contributed by atoms with Gasteiger partial charge in [-0.05, 0) is 43.2 Å². The van der Waals surface area contributed by atoms with Gasteiger partial charge in [0.1, 0.15) is 5.82 Å². The minimum Gasteiger partial charge on any atom is -0.314 e. The van der Waals surface area contributed by atoms with Gasteiger partial charge in [0.2, 0.25) is 5.91 Å². The first-order chi connectivity index (χ1) is 8.94. The molecule has 1 aliphatic carbocycles. The molecule has 4 heteroatoms. The van der Waals surface area contributed by atoms with Crippen LogP contribution >= 0.6 is 0 Å². The van der Waals surface area contributed by atoms with Crippen molar-refractivity contribution in [3.05, 3.63) is 41.2 Å². The lowest BCUT2D eigenvalue weighted by molar-refractivity contribution is -0.127. The number of nitrogens with zero attached hydrogens (tertiary/aromatic N) is 1. The van der Waals surface area contributed by atoms with E-state index in [4.69, 9.17) is 0 Å². The molecule has 1 spiro atoms. The molecule has 3 nitrogen and oxygen atoms in total. The molecule has 0 bridgehead atoms.